The fraction of sp³-hybridized carbons (Fsp3) is 0.533. The second kappa shape index (κ2) is 6.61. The molecular formula is C15H23N3O2. The zero-order valence-corrected chi connectivity index (χ0v) is 12.2. The second-order valence-electron chi connectivity index (χ2n) is 5.40. The Hall–Kier alpha value is -1.75. The SMILES string of the molecule is CN(C)c1cccc(CNC(=O)N2CCCC2CO)c1. The number of benzene rings is 1. The van der Waals surface area contributed by atoms with Gasteiger partial charge in [0.15, 0.2) is 0 Å². The predicted octanol–water partition coefficient (Wildman–Crippen LogP) is 1.42. The molecule has 0 aromatic heterocycles. The van der Waals surface area contributed by atoms with E-state index in [9.17, 15) is 9.90 Å². The molecule has 0 spiro atoms. The second-order valence-corrected chi connectivity index (χ2v) is 5.40. The lowest BCUT2D eigenvalue weighted by molar-refractivity contribution is 0.157. The number of hydrogen-bond donors (Lipinski definition) is 2. The average Bonchev–Trinajstić information content (AvgIpc) is 2.93. The van der Waals surface area contributed by atoms with Crippen LogP contribution in [0.2, 0.25) is 0 Å². The molecule has 1 heterocycles. The molecule has 1 atom stereocenters. The Morgan fingerprint density at radius 3 is 3.00 bits per heavy atom. The number of aliphatic hydroxyl groups excluding tert-OH is 1. The molecule has 20 heavy (non-hydrogen) atoms. The number of amides is 2. The number of nitrogens with zero attached hydrogens (tertiary/aromatic N) is 2. The highest BCUT2D eigenvalue weighted by atomic mass is 16.3. The van der Waals surface area contributed by atoms with E-state index in [-0.39, 0.29) is 18.7 Å². The highest BCUT2D eigenvalue weighted by Crippen LogP contribution is 2.17. The highest BCUT2D eigenvalue weighted by Gasteiger charge is 2.27. The third-order valence-corrected chi connectivity index (χ3v) is 3.72. The van der Waals surface area contributed by atoms with E-state index in [1.807, 2.05) is 37.2 Å². The van der Waals surface area contributed by atoms with Gasteiger partial charge in [0, 0.05) is 32.9 Å². The minimum absolute atomic E-state index is 0.0249. The first-order valence-corrected chi connectivity index (χ1v) is 7.03. The van der Waals surface area contributed by atoms with Gasteiger partial charge >= 0.3 is 6.03 Å². The summed E-state index contributed by atoms with van der Waals surface area (Å²) in [6.45, 7) is 1.29. The molecule has 1 unspecified atom stereocenters. The molecule has 0 radical (unpaired) electrons. The van der Waals surface area contributed by atoms with Crippen molar-refractivity contribution >= 4 is 11.7 Å². The number of rotatable bonds is 4. The standard InChI is InChI=1S/C15H23N3O2/c1-17(2)13-6-3-5-12(9-13)10-16-15(20)18-8-4-7-14(18)11-19/h3,5-6,9,14,19H,4,7-8,10-11H2,1-2H3,(H,16,20). The first-order chi connectivity index (χ1) is 9.61. The van der Waals surface area contributed by atoms with Crippen LogP contribution in [0.15, 0.2) is 24.3 Å². The van der Waals surface area contributed by atoms with E-state index in [1.165, 1.54) is 0 Å². The Kier molecular flexibility index (Phi) is 4.84. The Bertz CT molecular complexity index is 462. The van der Waals surface area contributed by atoms with E-state index in [0.717, 1.165) is 30.6 Å². The molecule has 1 saturated heterocycles. The third kappa shape index (κ3) is 3.42. The van der Waals surface area contributed by atoms with Crippen LogP contribution in [0.5, 0.6) is 0 Å². The van der Waals surface area contributed by atoms with Gasteiger partial charge in [-0.2, -0.15) is 0 Å². The first-order valence-electron chi connectivity index (χ1n) is 7.03. The van der Waals surface area contributed by atoms with Crippen molar-refractivity contribution in [2.45, 2.75) is 25.4 Å². The van der Waals surface area contributed by atoms with Crippen molar-refractivity contribution in [1.82, 2.24) is 10.2 Å². The van der Waals surface area contributed by atoms with Gasteiger partial charge in [-0.1, -0.05) is 12.1 Å². The number of aliphatic hydroxyl groups is 1. The quantitative estimate of drug-likeness (QED) is 0.875. The van der Waals surface area contributed by atoms with Crippen molar-refractivity contribution in [1.29, 1.82) is 0 Å². The Morgan fingerprint density at radius 2 is 2.30 bits per heavy atom. The number of likely N-dealkylation sites (tertiary alicyclic amines) is 1. The van der Waals surface area contributed by atoms with Crippen molar-refractivity contribution in [2.24, 2.45) is 0 Å². The number of anilines is 1. The van der Waals surface area contributed by atoms with Crippen LogP contribution in [0.4, 0.5) is 10.5 Å². The molecule has 5 nitrogen and oxygen atoms in total. The number of carbonyl (C=O) groups excluding carboxylic acids is 1. The fourth-order valence-electron chi connectivity index (χ4n) is 2.52. The molecule has 110 valence electrons. The van der Waals surface area contributed by atoms with Crippen molar-refractivity contribution in [3.63, 3.8) is 0 Å². The summed E-state index contributed by atoms with van der Waals surface area (Å²) in [6.07, 6.45) is 1.86. The summed E-state index contributed by atoms with van der Waals surface area (Å²) in [4.78, 5) is 15.9. The van der Waals surface area contributed by atoms with Gasteiger partial charge in [0.05, 0.1) is 12.6 Å². The minimum Gasteiger partial charge on any atom is -0.394 e. The Balaban J connectivity index is 1.91. The molecule has 1 aliphatic rings. The van der Waals surface area contributed by atoms with Gasteiger partial charge in [0.25, 0.3) is 0 Å². The van der Waals surface area contributed by atoms with Crippen molar-refractivity contribution in [2.75, 3.05) is 32.1 Å². The number of nitrogens with one attached hydrogen (secondary N) is 1. The summed E-state index contributed by atoms with van der Waals surface area (Å²) in [6, 6.07) is 7.98. The van der Waals surface area contributed by atoms with E-state index in [1.54, 1.807) is 4.90 Å². The predicted molar refractivity (Wildman–Crippen MR) is 79.8 cm³/mol. The van der Waals surface area contributed by atoms with Gasteiger partial charge in [-0.25, -0.2) is 4.79 Å². The van der Waals surface area contributed by atoms with Crippen LogP contribution in [0, 0.1) is 0 Å². The highest BCUT2D eigenvalue weighted by molar-refractivity contribution is 5.75. The maximum Gasteiger partial charge on any atom is 0.317 e. The van der Waals surface area contributed by atoms with Gasteiger partial charge in [-0.05, 0) is 30.5 Å². The van der Waals surface area contributed by atoms with Crippen LogP contribution in [-0.4, -0.2) is 49.3 Å². The number of urea groups is 1. The van der Waals surface area contributed by atoms with Crippen molar-refractivity contribution in [3.8, 4) is 0 Å². The van der Waals surface area contributed by atoms with E-state index in [2.05, 4.69) is 11.4 Å². The summed E-state index contributed by atoms with van der Waals surface area (Å²) < 4.78 is 0. The van der Waals surface area contributed by atoms with Gasteiger partial charge in [0.2, 0.25) is 0 Å². The molecule has 2 amide bonds. The lowest BCUT2D eigenvalue weighted by atomic mass is 10.2. The fourth-order valence-corrected chi connectivity index (χ4v) is 2.52. The van der Waals surface area contributed by atoms with Gasteiger partial charge in [0.1, 0.15) is 0 Å². The van der Waals surface area contributed by atoms with Crippen molar-refractivity contribution < 1.29 is 9.90 Å². The molecule has 0 bridgehead atoms. The molecule has 0 saturated carbocycles. The summed E-state index contributed by atoms with van der Waals surface area (Å²) in [5.41, 5.74) is 2.19. The lowest BCUT2D eigenvalue weighted by Crippen LogP contribution is -2.43. The molecule has 1 fully saturated rings. The van der Waals surface area contributed by atoms with Crippen LogP contribution in [0.3, 0.4) is 0 Å². The molecular weight excluding hydrogens is 254 g/mol. The zero-order valence-electron chi connectivity index (χ0n) is 12.2. The van der Waals surface area contributed by atoms with Crippen LogP contribution in [0.25, 0.3) is 0 Å². The topological polar surface area (TPSA) is 55.8 Å². The molecule has 1 aromatic rings. The first kappa shape index (κ1) is 14.7. The molecule has 0 aliphatic carbocycles. The zero-order chi connectivity index (χ0) is 14.5. The smallest absolute Gasteiger partial charge is 0.317 e. The Morgan fingerprint density at radius 1 is 1.50 bits per heavy atom. The van der Waals surface area contributed by atoms with Gasteiger partial charge in [-0.15, -0.1) is 0 Å². The summed E-state index contributed by atoms with van der Waals surface area (Å²) in [5.74, 6) is 0. The summed E-state index contributed by atoms with van der Waals surface area (Å²) in [5, 5.41) is 12.2. The third-order valence-electron chi connectivity index (χ3n) is 3.72. The summed E-state index contributed by atoms with van der Waals surface area (Å²) >= 11 is 0. The van der Waals surface area contributed by atoms with Gasteiger partial charge < -0.3 is 20.2 Å². The Labute approximate surface area is 120 Å². The lowest BCUT2D eigenvalue weighted by Gasteiger charge is -2.23. The van der Waals surface area contributed by atoms with E-state index in [0.29, 0.717) is 6.54 Å². The number of carbonyl (C=O) groups is 1. The van der Waals surface area contributed by atoms with E-state index >= 15 is 0 Å². The minimum atomic E-state index is -0.0863. The number of hydrogen-bond acceptors (Lipinski definition) is 3. The maximum absolute atomic E-state index is 12.1. The molecule has 1 aromatic carbocycles. The van der Waals surface area contributed by atoms with Crippen LogP contribution < -0.4 is 10.2 Å². The van der Waals surface area contributed by atoms with E-state index < -0.39 is 0 Å². The molecule has 1 aliphatic heterocycles. The molecule has 5 heteroatoms. The van der Waals surface area contributed by atoms with Crippen LogP contribution in [-0.2, 0) is 6.54 Å². The largest absolute Gasteiger partial charge is 0.394 e. The summed E-state index contributed by atoms with van der Waals surface area (Å²) in [7, 11) is 3.99. The monoisotopic (exact) mass is 277 g/mol. The van der Waals surface area contributed by atoms with Crippen molar-refractivity contribution in [3.05, 3.63) is 29.8 Å². The average molecular weight is 277 g/mol. The van der Waals surface area contributed by atoms with Gasteiger partial charge in [-0.3, -0.25) is 0 Å². The molecule has 2 rings (SSSR count). The van der Waals surface area contributed by atoms with Crippen LogP contribution in [0.1, 0.15) is 18.4 Å². The van der Waals surface area contributed by atoms with Crippen LogP contribution >= 0.6 is 0 Å². The maximum atomic E-state index is 12.1. The van der Waals surface area contributed by atoms with E-state index in [4.69, 9.17) is 0 Å². The molecule has 2 N–H and O–H groups in total. The normalized spacial score (nSPS) is 18.1.